The zero-order valence-corrected chi connectivity index (χ0v) is 14.9. The lowest BCUT2D eigenvalue weighted by Gasteiger charge is -2.13. The average molecular weight is 359 g/mol. The molecule has 0 aliphatic rings. The summed E-state index contributed by atoms with van der Waals surface area (Å²) in [6.45, 7) is 4.73. The summed E-state index contributed by atoms with van der Waals surface area (Å²) in [6, 6.07) is 10.4. The standard InChI is InChI=1S/C20H22FNO4/c1-3-25-18-11-9-16(13-19(18)26-4-2)22-20(24)12-10-17(23)14-5-7-15(21)8-6-14/h5-9,11,13H,3-4,10,12H2,1-2H3,(H,22,24). The average Bonchev–Trinajstić information content (AvgIpc) is 2.63. The number of hydrogen-bond donors (Lipinski definition) is 1. The predicted molar refractivity (Wildman–Crippen MR) is 97.4 cm³/mol. The van der Waals surface area contributed by atoms with Gasteiger partial charge in [-0.25, -0.2) is 4.39 Å². The van der Waals surface area contributed by atoms with E-state index in [1.54, 1.807) is 18.2 Å². The van der Waals surface area contributed by atoms with Gasteiger partial charge >= 0.3 is 0 Å². The number of rotatable bonds is 9. The van der Waals surface area contributed by atoms with Crippen molar-refractivity contribution in [1.82, 2.24) is 0 Å². The van der Waals surface area contributed by atoms with Crippen LogP contribution in [0, 0.1) is 5.82 Å². The van der Waals surface area contributed by atoms with Crippen LogP contribution < -0.4 is 14.8 Å². The van der Waals surface area contributed by atoms with Gasteiger partial charge in [0.25, 0.3) is 0 Å². The molecule has 2 aromatic carbocycles. The first kappa shape index (κ1) is 19.4. The van der Waals surface area contributed by atoms with Crippen molar-refractivity contribution in [2.75, 3.05) is 18.5 Å². The molecule has 0 saturated carbocycles. The monoisotopic (exact) mass is 359 g/mol. The topological polar surface area (TPSA) is 64.6 Å². The predicted octanol–water partition coefficient (Wildman–Crippen LogP) is 4.22. The first-order valence-corrected chi connectivity index (χ1v) is 8.51. The molecule has 0 aliphatic carbocycles. The number of ketones is 1. The highest BCUT2D eigenvalue weighted by Gasteiger charge is 2.11. The Morgan fingerprint density at radius 3 is 2.23 bits per heavy atom. The second-order valence-electron chi connectivity index (χ2n) is 5.51. The van der Waals surface area contributed by atoms with E-state index in [1.807, 2.05) is 13.8 Å². The third-order valence-corrected chi connectivity index (χ3v) is 3.57. The Labute approximate surface area is 152 Å². The fourth-order valence-corrected chi connectivity index (χ4v) is 2.36. The maximum absolute atomic E-state index is 12.9. The molecule has 0 aliphatic heterocycles. The van der Waals surface area contributed by atoms with Gasteiger partial charge in [0, 0.05) is 30.2 Å². The van der Waals surface area contributed by atoms with Crippen LogP contribution >= 0.6 is 0 Å². The van der Waals surface area contributed by atoms with Gasteiger partial charge in [-0.2, -0.15) is 0 Å². The molecule has 0 heterocycles. The lowest BCUT2D eigenvalue weighted by atomic mass is 10.1. The van der Waals surface area contributed by atoms with Gasteiger partial charge in [0.15, 0.2) is 17.3 Å². The largest absolute Gasteiger partial charge is 0.490 e. The van der Waals surface area contributed by atoms with Crippen molar-refractivity contribution in [1.29, 1.82) is 0 Å². The Morgan fingerprint density at radius 1 is 0.923 bits per heavy atom. The number of halogens is 1. The van der Waals surface area contributed by atoms with E-state index in [4.69, 9.17) is 9.47 Å². The maximum atomic E-state index is 12.9. The molecule has 138 valence electrons. The van der Waals surface area contributed by atoms with E-state index in [0.717, 1.165) is 0 Å². The molecule has 0 radical (unpaired) electrons. The highest BCUT2D eigenvalue weighted by atomic mass is 19.1. The van der Waals surface area contributed by atoms with E-state index in [9.17, 15) is 14.0 Å². The van der Waals surface area contributed by atoms with Crippen LogP contribution in [0.5, 0.6) is 11.5 Å². The first-order valence-electron chi connectivity index (χ1n) is 8.51. The van der Waals surface area contributed by atoms with Crippen LogP contribution in [0.15, 0.2) is 42.5 Å². The number of anilines is 1. The molecule has 2 rings (SSSR count). The first-order chi connectivity index (χ1) is 12.5. The van der Waals surface area contributed by atoms with E-state index in [0.29, 0.717) is 36.0 Å². The lowest BCUT2D eigenvalue weighted by Crippen LogP contribution is -2.13. The van der Waals surface area contributed by atoms with Crippen molar-refractivity contribution in [3.63, 3.8) is 0 Å². The number of hydrogen-bond acceptors (Lipinski definition) is 4. The summed E-state index contributed by atoms with van der Waals surface area (Å²) in [7, 11) is 0. The number of carbonyl (C=O) groups is 2. The van der Waals surface area contributed by atoms with Gasteiger partial charge in [0.2, 0.25) is 5.91 Å². The smallest absolute Gasteiger partial charge is 0.224 e. The van der Waals surface area contributed by atoms with Gasteiger partial charge < -0.3 is 14.8 Å². The van der Waals surface area contributed by atoms with Gasteiger partial charge in [-0.15, -0.1) is 0 Å². The number of Topliss-reactive ketones (excluding diaryl/α,β-unsaturated/α-hetero) is 1. The normalized spacial score (nSPS) is 10.3. The van der Waals surface area contributed by atoms with E-state index < -0.39 is 5.82 Å². The van der Waals surface area contributed by atoms with Gasteiger partial charge in [-0.05, 0) is 50.2 Å². The molecule has 0 aromatic heterocycles. The lowest BCUT2D eigenvalue weighted by molar-refractivity contribution is -0.116. The molecule has 6 heteroatoms. The molecule has 26 heavy (non-hydrogen) atoms. The molecule has 0 saturated heterocycles. The molecule has 0 fully saturated rings. The molecular formula is C20H22FNO4. The summed E-state index contributed by atoms with van der Waals surface area (Å²) in [6.07, 6.45) is 0.0835. The third-order valence-electron chi connectivity index (χ3n) is 3.57. The Hall–Kier alpha value is -2.89. The minimum absolute atomic E-state index is 0.0351. The Bertz CT molecular complexity index is 759. The van der Waals surface area contributed by atoms with E-state index in [-0.39, 0.29) is 24.5 Å². The summed E-state index contributed by atoms with van der Waals surface area (Å²) in [5.41, 5.74) is 0.954. The van der Waals surface area contributed by atoms with Crippen LogP contribution in [-0.4, -0.2) is 24.9 Å². The summed E-state index contributed by atoms with van der Waals surface area (Å²) >= 11 is 0. The van der Waals surface area contributed by atoms with Crippen molar-refractivity contribution in [3.8, 4) is 11.5 Å². The number of benzene rings is 2. The van der Waals surface area contributed by atoms with E-state index in [1.165, 1.54) is 24.3 Å². The fraction of sp³-hybridized carbons (Fsp3) is 0.300. The third kappa shape index (κ3) is 5.58. The van der Waals surface area contributed by atoms with E-state index >= 15 is 0 Å². The Balaban J connectivity index is 1.93. The molecule has 0 bridgehead atoms. The maximum Gasteiger partial charge on any atom is 0.224 e. The van der Waals surface area contributed by atoms with Crippen molar-refractivity contribution in [2.24, 2.45) is 0 Å². The van der Waals surface area contributed by atoms with Crippen LogP contribution in [0.4, 0.5) is 10.1 Å². The van der Waals surface area contributed by atoms with Crippen molar-refractivity contribution in [2.45, 2.75) is 26.7 Å². The summed E-state index contributed by atoms with van der Waals surface area (Å²) in [5, 5.41) is 2.74. The molecule has 0 spiro atoms. The van der Waals surface area contributed by atoms with Gasteiger partial charge in [-0.3, -0.25) is 9.59 Å². The van der Waals surface area contributed by atoms with Gasteiger partial charge in [-0.1, -0.05) is 0 Å². The van der Waals surface area contributed by atoms with Crippen molar-refractivity contribution >= 4 is 17.4 Å². The zero-order valence-electron chi connectivity index (χ0n) is 14.9. The second kappa shape index (κ2) is 9.56. The van der Waals surface area contributed by atoms with Crippen LogP contribution in [0.2, 0.25) is 0 Å². The van der Waals surface area contributed by atoms with E-state index in [2.05, 4.69) is 5.32 Å². The minimum atomic E-state index is -0.403. The quantitative estimate of drug-likeness (QED) is 0.681. The Morgan fingerprint density at radius 2 is 1.58 bits per heavy atom. The van der Waals surface area contributed by atoms with Crippen molar-refractivity contribution in [3.05, 3.63) is 53.8 Å². The van der Waals surface area contributed by atoms with Crippen LogP contribution in [0.3, 0.4) is 0 Å². The van der Waals surface area contributed by atoms with Crippen molar-refractivity contribution < 1.29 is 23.5 Å². The van der Waals surface area contributed by atoms with Crippen LogP contribution in [-0.2, 0) is 4.79 Å². The van der Waals surface area contributed by atoms with Crippen LogP contribution in [0.25, 0.3) is 0 Å². The number of amides is 1. The molecule has 0 unspecified atom stereocenters. The second-order valence-corrected chi connectivity index (χ2v) is 5.51. The molecule has 1 N–H and O–H groups in total. The van der Waals surface area contributed by atoms with Gasteiger partial charge in [0.1, 0.15) is 5.82 Å². The molecule has 0 atom stereocenters. The van der Waals surface area contributed by atoms with Gasteiger partial charge in [0.05, 0.1) is 13.2 Å². The summed E-state index contributed by atoms with van der Waals surface area (Å²) in [5.74, 6) is 0.266. The highest BCUT2D eigenvalue weighted by Crippen LogP contribution is 2.30. The zero-order chi connectivity index (χ0) is 18.9. The highest BCUT2D eigenvalue weighted by molar-refractivity contribution is 6.00. The number of nitrogens with one attached hydrogen (secondary N) is 1. The van der Waals surface area contributed by atoms with Crippen LogP contribution in [0.1, 0.15) is 37.0 Å². The number of ether oxygens (including phenoxy) is 2. The molecule has 2 aromatic rings. The Kier molecular flexibility index (Phi) is 7.14. The SMILES string of the molecule is CCOc1ccc(NC(=O)CCC(=O)c2ccc(F)cc2)cc1OCC. The molecular weight excluding hydrogens is 337 g/mol. The number of carbonyl (C=O) groups excluding carboxylic acids is 2. The minimum Gasteiger partial charge on any atom is -0.490 e. The summed E-state index contributed by atoms with van der Waals surface area (Å²) in [4.78, 5) is 24.1. The summed E-state index contributed by atoms with van der Waals surface area (Å²) < 4.78 is 23.9. The molecule has 1 amide bonds. The molecule has 5 nitrogen and oxygen atoms in total. The fourth-order valence-electron chi connectivity index (χ4n) is 2.36.